The van der Waals surface area contributed by atoms with Crippen molar-refractivity contribution in [3.05, 3.63) is 23.7 Å². The molecular weight excluding hydrogens is 200 g/mol. The molecule has 2 aliphatic heterocycles. The molecule has 0 bridgehead atoms. The highest BCUT2D eigenvalue weighted by atomic mass is 16.5. The normalized spacial score (nSPS) is 28.8. The van der Waals surface area contributed by atoms with Crippen LogP contribution in [0.1, 0.15) is 40.5 Å². The minimum Gasteiger partial charge on any atom is -0.498 e. The summed E-state index contributed by atoms with van der Waals surface area (Å²) in [6.07, 6.45) is 6.67. The van der Waals surface area contributed by atoms with Crippen molar-refractivity contribution in [3.8, 4) is 0 Å². The first kappa shape index (κ1) is 13.1. The van der Waals surface area contributed by atoms with Gasteiger partial charge in [-0.1, -0.05) is 13.8 Å². The molecule has 0 amide bonds. The highest BCUT2D eigenvalue weighted by Crippen LogP contribution is 2.14. The van der Waals surface area contributed by atoms with E-state index in [1.54, 1.807) is 0 Å². The third kappa shape index (κ3) is 5.24. The maximum absolute atomic E-state index is 5.25. The van der Waals surface area contributed by atoms with Crippen molar-refractivity contribution in [2.45, 2.75) is 40.5 Å². The van der Waals surface area contributed by atoms with Gasteiger partial charge < -0.3 is 9.47 Å². The van der Waals surface area contributed by atoms with Crippen LogP contribution in [0.4, 0.5) is 0 Å². The van der Waals surface area contributed by atoms with Crippen molar-refractivity contribution >= 4 is 0 Å². The van der Waals surface area contributed by atoms with Gasteiger partial charge in [-0.15, -0.1) is 0 Å². The first-order valence-electron chi connectivity index (χ1n) is 6.17. The van der Waals surface area contributed by atoms with Gasteiger partial charge in [0.1, 0.15) is 0 Å². The number of ether oxygens (including phenoxy) is 2. The van der Waals surface area contributed by atoms with Crippen molar-refractivity contribution in [3.63, 3.8) is 0 Å². The molecule has 2 atom stereocenters. The van der Waals surface area contributed by atoms with Crippen LogP contribution in [0.2, 0.25) is 0 Å². The van der Waals surface area contributed by atoms with Crippen LogP contribution in [0, 0.1) is 11.8 Å². The summed E-state index contributed by atoms with van der Waals surface area (Å²) in [4.78, 5) is 0. The average Bonchev–Trinajstić information content (AvgIpc) is 2.28. The van der Waals surface area contributed by atoms with E-state index in [1.165, 1.54) is 12.8 Å². The van der Waals surface area contributed by atoms with E-state index < -0.39 is 0 Å². The fourth-order valence-corrected chi connectivity index (χ4v) is 1.54. The molecule has 0 aromatic heterocycles. The Morgan fingerprint density at radius 2 is 1.25 bits per heavy atom. The van der Waals surface area contributed by atoms with Crippen LogP contribution in [0.15, 0.2) is 23.7 Å². The molecule has 0 aromatic rings. The zero-order chi connectivity index (χ0) is 12.0. The van der Waals surface area contributed by atoms with Gasteiger partial charge in [0.2, 0.25) is 0 Å². The van der Waals surface area contributed by atoms with Gasteiger partial charge in [-0.05, 0) is 50.7 Å². The number of rotatable bonds is 0. The molecule has 0 radical (unpaired) electrons. The number of hydrogen-bond donors (Lipinski definition) is 0. The van der Waals surface area contributed by atoms with Crippen LogP contribution in [-0.4, -0.2) is 13.2 Å². The van der Waals surface area contributed by atoms with Crippen LogP contribution in [0.3, 0.4) is 0 Å². The first-order chi connectivity index (χ1) is 7.58. The zero-order valence-electron chi connectivity index (χ0n) is 11.0. The molecule has 2 aliphatic rings. The molecule has 0 spiro atoms. The van der Waals surface area contributed by atoms with Gasteiger partial charge in [0.05, 0.1) is 24.7 Å². The van der Waals surface area contributed by atoms with Gasteiger partial charge in [-0.25, -0.2) is 0 Å². The van der Waals surface area contributed by atoms with Gasteiger partial charge in [-0.2, -0.15) is 0 Å². The van der Waals surface area contributed by atoms with Crippen LogP contribution in [0.25, 0.3) is 0 Å². The molecule has 0 saturated carbocycles. The lowest BCUT2D eigenvalue weighted by Crippen LogP contribution is -2.08. The molecule has 2 unspecified atom stereocenters. The lowest BCUT2D eigenvalue weighted by atomic mass is 10.1. The molecule has 0 N–H and O–H groups in total. The summed E-state index contributed by atoms with van der Waals surface area (Å²) in [5.74, 6) is 3.61. The average molecular weight is 224 g/mol. The van der Waals surface area contributed by atoms with Crippen molar-refractivity contribution in [1.82, 2.24) is 0 Å². The molecular formula is C14H24O2. The maximum Gasteiger partial charge on any atom is 0.0905 e. The fraction of sp³-hybridized carbons (Fsp3) is 0.714. The molecule has 0 aromatic carbocycles. The third-order valence-electron chi connectivity index (χ3n) is 2.81. The Kier molecular flexibility index (Phi) is 5.44. The van der Waals surface area contributed by atoms with Gasteiger partial charge in [0.25, 0.3) is 0 Å². The number of hydrogen-bond acceptors (Lipinski definition) is 2. The lowest BCUT2D eigenvalue weighted by molar-refractivity contribution is 0.156. The van der Waals surface area contributed by atoms with E-state index in [2.05, 4.69) is 26.0 Å². The summed E-state index contributed by atoms with van der Waals surface area (Å²) in [6.45, 7) is 10.2. The second kappa shape index (κ2) is 6.62. The Morgan fingerprint density at radius 3 is 1.44 bits per heavy atom. The Hall–Kier alpha value is -0.920. The van der Waals surface area contributed by atoms with E-state index in [1.807, 2.05) is 13.8 Å². The second-order valence-electron chi connectivity index (χ2n) is 4.93. The molecule has 2 rings (SSSR count). The molecule has 2 nitrogen and oxygen atoms in total. The van der Waals surface area contributed by atoms with Crippen molar-refractivity contribution in [2.24, 2.45) is 11.8 Å². The predicted octanol–water partition coefficient (Wildman–Crippen LogP) is 3.89. The first-order valence-corrected chi connectivity index (χ1v) is 6.17. The summed E-state index contributed by atoms with van der Waals surface area (Å²) in [5.41, 5.74) is 0. The predicted molar refractivity (Wildman–Crippen MR) is 67.0 cm³/mol. The van der Waals surface area contributed by atoms with E-state index in [-0.39, 0.29) is 0 Å². The maximum atomic E-state index is 5.25. The summed E-state index contributed by atoms with van der Waals surface area (Å²) >= 11 is 0. The standard InChI is InChI=1S/2C7H12O/c2*1-6-3-4-7(2)8-5-6/h2*4,6H,3,5H2,1-2H3. The highest BCUT2D eigenvalue weighted by molar-refractivity contribution is 4.93. The van der Waals surface area contributed by atoms with E-state index >= 15 is 0 Å². The van der Waals surface area contributed by atoms with Crippen molar-refractivity contribution < 1.29 is 9.47 Å². The topological polar surface area (TPSA) is 18.5 Å². The monoisotopic (exact) mass is 224 g/mol. The summed E-state index contributed by atoms with van der Waals surface area (Å²) in [5, 5.41) is 0. The number of allylic oxidation sites excluding steroid dienone is 4. The molecule has 92 valence electrons. The largest absolute Gasteiger partial charge is 0.498 e. The van der Waals surface area contributed by atoms with E-state index in [9.17, 15) is 0 Å². The van der Waals surface area contributed by atoms with E-state index in [4.69, 9.17) is 9.47 Å². The molecule has 2 heterocycles. The Bertz CT molecular complexity index is 238. The second-order valence-corrected chi connectivity index (χ2v) is 4.93. The molecule has 0 saturated heterocycles. The van der Waals surface area contributed by atoms with Crippen molar-refractivity contribution in [2.75, 3.05) is 13.2 Å². The fourth-order valence-electron chi connectivity index (χ4n) is 1.54. The van der Waals surface area contributed by atoms with Gasteiger partial charge >= 0.3 is 0 Å². The van der Waals surface area contributed by atoms with E-state index in [0.717, 1.165) is 36.6 Å². The Labute approximate surface area is 99.3 Å². The molecule has 2 heteroatoms. The SMILES string of the molecule is CC1=CCC(C)CO1.CC1=CCC(C)CO1. The zero-order valence-corrected chi connectivity index (χ0v) is 11.0. The Morgan fingerprint density at radius 1 is 0.875 bits per heavy atom. The smallest absolute Gasteiger partial charge is 0.0905 e. The summed E-state index contributed by atoms with van der Waals surface area (Å²) < 4.78 is 10.5. The van der Waals surface area contributed by atoms with E-state index in [0.29, 0.717) is 0 Å². The summed E-state index contributed by atoms with van der Waals surface area (Å²) in [7, 11) is 0. The molecule has 0 fully saturated rings. The quantitative estimate of drug-likeness (QED) is 0.621. The minimum absolute atomic E-state index is 0.721. The highest BCUT2D eigenvalue weighted by Gasteiger charge is 2.06. The lowest BCUT2D eigenvalue weighted by Gasteiger charge is -2.16. The van der Waals surface area contributed by atoms with Gasteiger partial charge in [0, 0.05) is 0 Å². The van der Waals surface area contributed by atoms with Crippen LogP contribution in [0.5, 0.6) is 0 Å². The molecule has 0 aliphatic carbocycles. The third-order valence-corrected chi connectivity index (χ3v) is 2.81. The van der Waals surface area contributed by atoms with Gasteiger partial charge in [0.15, 0.2) is 0 Å². The van der Waals surface area contributed by atoms with Crippen LogP contribution in [-0.2, 0) is 9.47 Å². The van der Waals surface area contributed by atoms with Gasteiger partial charge in [-0.3, -0.25) is 0 Å². The Balaban J connectivity index is 0.000000160. The summed E-state index contributed by atoms with van der Waals surface area (Å²) in [6, 6.07) is 0. The van der Waals surface area contributed by atoms with Crippen LogP contribution < -0.4 is 0 Å². The molecule has 16 heavy (non-hydrogen) atoms. The van der Waals surface area contributed by atoms with Crippen LogP contribution >= 0.6 is 0 Å². The van der Waals surface area contributed by atoms with Crippen molar-refractivity contribution in [1.29, 1.82) is 0 Å². The minimum atomic E-state index is 0.721.